The number of allylic oxidation sites excluding steroid dienone is 1. The first-order valence-corrected chi connectivity index (χ1v) is 13.0. The zero-order valence-electron chi connectivity index (χ0n) is 21.1. The standard InChI is InChI=1S/C28H46N2O2/c1-5-8-13-24-16-20-29(21-17-24)18-11-19-30-23-26(28(31)15-9-6-2)25(12-7-3)27(30)14-10-22-32-4/h10,12,14,22-24H,5-9,11,13,15-21H2,1-4H3/b22-10+,25-12-,27-14+. The molecular weight excluding hydrogens is 396 g/mol. The Hall–Kier alpha value is -1.81. The van der Waals surface area contributed by atoms with Gasteiger partial charge in [-0.25, -0.2) is 0 Å². The Labute approximate surface area is 196 Å². The number of hydrogen-bond donors (Lipinski definition) is 0. The summed E-state index contributed by atoms with van der Waals surface area (Å²) in [5.74, 6) is 1.21. The lowest BCUT2D eigenvalue weighted by Gasteiger charge is -2.32. The molecule has 0 atom stereocenters. The highest BCUT2D eigenvalue weighted by Gasteiger charge is 2.18. The van der Waals surface area contributed by atoms with E-state index in [2.05, 4.69) is 48.6 Å². The quantitative estimate of drug-likeness (QED) is 0.290. The average molecular weight is 443 g/mol. The van der Waals surface area contributed by atoms with Crippen molar-refractivity contribution in [2.75, 3.05) is 26.7 Å². The van der Waals surface area contributed by atoms with Crippen molar-refractivity contribution in [1.29, 1.82) is 0 Å². The first-order chi connectivity index (χ1) is 15.6. The minimum Gasteiger partial charge on any atom is -0.504 e. The van der Waals surface area contributed by atoms with Gasteiger partial charge in [0.2, 0.25) is 0 Å². The average Bonchev–Trinajstić information content (AvgIpc) is 3.14. The minimum atomic E-state index is 0.268. The van der Waals surface area contributed by atoms with Crippen molar-refractivity contribution in [2.45, 2.75) is 91.5 Å². The molecule has 2 rings (SSSR count). The molecule has 1 saturated heterocycles. The van der Waals surface area contributed by atoms with Crippen LogP contribution < -0.4 is 10.6 Å². The van der Waals surface area contributed by atoms with Crippen LogP contribution in [0.1, 0.15) is 95.3 Å². The summed E-state index contributed by atoms with van der Waals surface area (Å²) in [6.07, 6.45) is 21.5. The van der Waals surface area contributed by atoms with Gasteiger partial charge in [-0.2, -0.15) is 0 Å². The highest BCUT2D eigenvalue weighted by Crippen LogP contribution is 2.22. The molecule has 0 N–H and O–H groups in total. The van der Waals surface area contributed by atoms with Crippen molar-refractivity contribution < 1.29 is 9.53 Å². The first-order valence-electron chi connectivity index (χ1n) is 13.0. The Morgan fingerprint density at radius 2 is 1.84 bits per heavy atom. The van der Waals surface area contributed by atoms with Gasteiger partial charge in [0.1, 0.15) is 0 Å². The van der Waals surface area contributed by atoms with Crippen LogP contribution in [0.15, 0.2) is 18.5 Å². The van der Waals surface area contributed by atoms with Crippen molar-refractivity contribution in [1.82, 2.24) is 9.47 Å². The normalized spacial score (nSPS) is 17.0. The van der Waals surface area contributed by atoms with Crippen molar-refractivity contribution in [2.24, 2.45) is 5.92 Å². The van der Waals surface area contributed by atoms with Crippen molar-refractivity contribution >= 4 is 17.9 Å². The maximum atomic E-state index is 12.9. The number of Topliss-reactive ketones (excluding diaryl/α,β-unsaturated/α-hetero) is 1. The number of aromatic nitrogens is 1. The molecule has 1 aromatic rings. The smallest absolute Gasteiger partial charge is 0.165 e. The number of aryl methyl sites for hydroxylation is 1. The molecule has 1 aliphatic rings. The fourth-order valence-electron chi connectivity index (χ4n) is 4.74. The third-order valence-corrected chi connectivity index (χ3v) is 6.64. The van der Waals surface area contributed by atoms with E-state index in [0.29, 0.717) is 6.42 Å². The Morgan fingerprint density at radius 1 is 1.09 bits per heavy atom. The number of methoxy groups -OCH3 is 1. The highest BCUT2D eigenvalue weighted by molar-refractivity contribution is 5.96. The van der Waals surface area contributed by atoms with E-state index >= 15 is 0 Å². The number of hydrogen-bond acceptors (Lipinski definition) is 3. The van der Waals surface area contributed by atoms with Gasteiger partial charge in [-0.3, -0.25) is 4.79 Å². The summed E-state index contributed by atoms with van der Waals surface area (Å²) >= 11 is 0. The largest absolute Gasteiger partial charge is 0.504 e. The highest BCUT2D eigenvalue weighted by atomic mass is 16.5. The molecule has 0 bridgehead atoms. The van der Waals surface area contributed by atoms with E-state index in [4.69, 9.17) is 4.74 Å². The fourth-order valence-corrected chi connectivity index (χ4v) is 4.74. The molecule has 0 saturated carbocycles. The van der Waals surface area contributed by atoms with Gasteiger partial charge in [-0.15, -0.1) is 0 Å². The lowest BCUT2D eigenvalue weighted by molar-refractivity contribution is 0.0979. The number of unbranched alkanes of at least 4 members (excludes halogenated alkanes) is 2. The maximum Gasteiger partial charge on any atom is 0.165 e. The van der Waals surface area contributed by atoms with Crippen LogP contribution >= 0.6 is 0 Å². The zero-order valence-corrected chi connectivity index (χ0v) is 21.1. The van der Waals surface area contributed by atoms with Gasteiger partial charge in [0, 0.05) is 35.3 Å². The SMILES string of the molecule is CC/C=c1/c(C(=O)CCCC)cn(CCCN2CCC(CCCC)CC2)/c1=C/C=C/OC. The Balaban J connectivity index is 2.11. The van der Waals surface area contributed by atoms with E-state index in [0.717, 1.165) is 60.8 Å². The van der Waals surface area contributed by atoms with E-state index < -0.39 is 0 Å². The summed E-state index contributed by atoms with van der Waals surface area (Å²) in [7, 11) is 1.66. The Morgan fingerprint density at radius 3 is 2.50 bits per heavy atom. The van der Waals surface area contributed by atoms with Gasteiger partial charge >= 0.3 is 0 Å². The second-order valence-corrected chi connectivity index (χ2v) is 9.19. The van der Waals surface area contributed by atoms with Crippen LogP contribution in [0.5, 0.6) is 0 Å². The summed E-state index contributed by atoms with van der Waals surface area (Å²) in [5, 5.41) is 2.21. The number of carbonyl (C=O) groups is 1. The topological polar surface area (TPSA) is 34.5 Å². The fraction of sp³-hybridized carbons (Fsp3) is 0.679. The van der Waals surface area contributed by atoms with Crippen LogP contribution in [0.4, 0.5) is 0 Å². The zero-order chi connectivity index (χ0) is 23.2. The van der Waals surface area contributed by atoms with E-state index in [1.165, 1.54) is 45.2 Å². The second-order valence-electron chi connectivity index (χ2n) is 9.19. The molecule has 0 radical (unpaired) electrons. The maximum absolute atomic E-state index is 12.9. The third-order valence-electron chi connectivity index (χ3n) is 6.64. The van der Waals surface area contributed by atoms with Crippen LogP contribution in [0.3, 0.4) is 0 Å². The summed E-state index contributed by atoms with van der Waals surface area (Å²) < 4.78 is 7.39. The molecule has 180 valence electrons. The molecule has 32 heavy (non-hydrogen) atoms. The number of ether oxygens (including phenoxy) is 1. The van der Waals surface area contributed by atoms with Crippen molar-refractivity contribution in [3.05, 3.63) is 34.7 Å². The van der Waals surface area contributed by atoms with Crippen LogP contribution in [0.25, 0.3) is 12.2 Å². The number of ketones is 1. The number of carbonyl (C=O) groups excluding carboxylic acids is 1. The van der Waals surface area contributed by atoms with Crippen LogP contribution in [-0.4, -0.2) is 42.0 Å². The molecule has 1 aliphatic heterocycles. The number of piperidine rings is 1. The van der Waals surface area contributed by atoms with Crippen molar-refractivity contribution in [3.63, 3.8) is 0 Å². The number of likely N-dealkylation sites (tertiary alicyclic amines) is 1. The van der Waals surface area contributed by atoms with Gasteiger partial charge < -0.3 is 14.2 Å². The lowest BCUT2D eigenvalue weighted by Crippen LogP contribution is -2.35. The van der Waals surface area contributed by atoms with Crippen LogP contribution in [0, 0.1) is 5.92 Å². The van der Waals surface area contributed by atoms with E-state index in [1.807, 2.05) is 6.08 Å². The molecular formula is C28H46N2O2. The third kappa shape index (κ3) is 8.27. The van der Waals surface area contributed by atoms with Crippen LogP contribution in [-0.2, 0) is 11.3 Å². The van der Waals surface area contributed by atoms with Gasteiger partial charge in [0.15, 0.2) is 5.78 Å². The van der Waals surface area contributed by atoms with Gasteiger partial charge in [-0.1, -0.05) is 52.5 Å². The van der Waals surface area contributed by atoms with Gasteiger partial charge in [-0.05, 0) is 69.8 Å². The minimum absolute atomic E-state index is 0.268. The van der Waals surface area contributed by atoms with Gasteiger partial charge in [0.25, 0.3) is 0 Å². The van der Waals surface area contributed by atoms with E-state index in [1.54, 1.807) is 13.4 Å². The molecule has 2 heterocycles. The molecule has 4 nitrogen and oxygen atoms in total. The predicted octanol–water partition coefficient (Wildman–Crippen LogP) is 5.28. The van der Waals surface area contributed by atoms with E-state index in [-0.39, 0.29) is 5.78 Å². The number of rotatable bonds is 14. The van der Waals surface area contributed by atoms with E-state index in [9.17, 15) is 4.79 Å². The second kappa shape index (κ2) is 15.1. The molecule has 0 aromatic carbocycles. The summed E-state index contributed by atoms with van der Waals surface area (Å²) in [4.78, 5) is 15.6. The molecule has 0 spiro atoms. The number of nitrogens with zero attached hydrogens (tertiary/aromatic N) is 2. The monoisotopic (exact) mass is 442 g/mol. The molecule has 0 amide bonds. The summed E-state index contributed by atoms with van der Waals surface area (Å²) in [6, 6.07) is 0. The molecule has 4 heteroatoms. The van der Waals surface area contributed by atoms with Gasteiger partial charge in [0.05, 0.1) is 13.4 Å². The Bertz CT molecular complexity index is 813. The molecule has 1 aromatic heterocycles. The Kier molecular flexibility index (Phi) is 12.5. The van der Waals surface area contributed by atoms with Crippen LogP contribution in [0.2, 0.25) is 0 Å². The predicted molar refractivity (Wildman–Crippen MR) is 136 cm³/mol. The van der Waals surface area contributed by atoms with Crippen molar-refractivity contribution in [3.8, 4) is 0 Å². The summed E-state index contributed by atoms with van der Waals surface area (Å²) in [6.45, 7) is 11.1. The molecule has 1 fully saturated rings. The molecule has 0 unspecified atom stereocenters. The lowest BCUT2D eigenvalue weighted by atomic mass is 9.91. The first kappa shape index (κ1) is 26.4. The summed E-state index contributed by atoms with van der Waals surface area (Å²) in [5.41, 5.74) is 0.883. The molecule has 0 aliphatic carbocycles.